The van der Waals surface area contributed by atoms with Crippen LogP contribution in [-0.4, -0.2) is 40.0 Å². The van der Waals surface area contributed by atoms with Crippen molar-refractivity contribution >= 4 is 39.2 Å². The Balaban J connectivity index is 1.60. The third-order valence-electron chi connectivity index (χ3n) is 6.07. The molecule has 0 spiro atoms. The van der Waals surface area contributed by atoms with E-state index < -0.39 is 0 Å². The topological polar surface area (TPSA) is 73.2 Å². The first-order chi connectivity index (χ1) is 14.0. The van der Waals surface area contributed by atoms with Crippen LogP contribution in [0.5, 0.6) is 0 Å². The van der Waals surface area contributed by atoms with E-state index in [1.165, 1.54) is 11.8 Å². The fourth-order valence-electron chi connectivity index (χ4n) is 4.23. The first kappa shape index (κ1) is 20.9. The van der Waals surface area contributed by atoms with Crippen molar-refractivity contribution in [2.75, 3.05) is 13.2 Å². The van der Waals surface area contributed by atoms with Gasteiger partial charge in [-0.05, 0) is 52.0 Å². The van der Waals surface area contributed by atoms with Crippen molar-refractivity contribution in [2.24, 2.45) is 0 Å². The Morgan fingerprint density at radius 1 is 1.31 bits per heavy atom. The highest BCUT2D eigenvalue weighted by Gasteiger charge is 2.27. The smallest absolute Gasteiger partial charge is 0.263 e. The number of aromatic nitrogens is 2. The molecule has 1 aliphatic heterocycles. The molecule has 2 aliphatic rings. The molecule has 29 heavy (non-hydrogen) atoms. The number of nitrogens with one attached hydrogen (secondary N) is 1. The van der Waals surface area contributed by atoms with Gasteiger partial charge in [0, 0.05) is 24.1 Å². The van der Waals surface area contributed by atoms with Crippen LogP contribution in [0.1, 0.15) is 61.9 Å². The van der Waals surface area contributed by atoms with Gasteiger partial charge in [0.2, 0.25) is 5.91 Å². The van der Waals surface area contributed by atoms with Gasteiger partial charge >= 0.3 is 0 Å². The molecule has 1 aliphatic carbocycles. The molecule has 3 heterocycles. The molecule has 6 nitrogen and oxygen atoms in total. The third kappa shape index (κ3) is 4.25. The Kier molecular flexibility index (Phi) is 6.32. The van der Waals surface area contributed by atoms with Crippen molar-refractivity contribution in [2.45, 2.75) is 81.8 Å². The Hall–Kier alpha value is -1.38. The second-order valence-electron chi connectivity index (χ2n) is 8.11. The number of hydrogen-bond donors (Lipinski definition) is 1. The summed E-state index contributed by atoms with van der Waals surface area (Å²) in [6.07, 6.45) is 6.46. The van der Waals surface area contributed by atoms with Crippen LogP contribution in [0.2, 0.25) is 0 Å². The fraction of sp³-hybridized carbons (Fsp3) is 0.667. The van der Waals surface area contributed by atoms with Crippen LogP contribution < -0.4 is 10.9 Å². The van der Waals surface area contributed by atoms with Crippen LogP contribution in [-0.2, 0) is 9.53 Å². The molecule has 8 heteroatoms. The summed E-state index contributed by atoms with van der Waals surface area (Å²) in [7, 11) is 0. The maximum atomic E-state index is 13.4. The van der Waals surface area contributed by atoms with E-state index in [1.807, 2.05) is 25.3 Å². The molecular weight excluding hydrogens is 406 g/mol. The minimum absolute atomic E-state index is 0.0311. The molecule has 1 amide bonds. The van der Waals surface area contributed by atoms with E-state index in [9.17, 15) is 9.59 Å². The van der Waals surface area contributed by atoms with Crippen LogP contribution in [0, 0.1) is 13.8 Å². The van der Waals surface area contributed by atoms with Crippen LogP contribution in [0.3, 0.4) is 0 Å². The Labute approximate surface area is 179 Å². The Morgan fingerprint density at radius 3 is 2.76 bits per heavy atom. The van der Waals surface area contributed by atoms with Gasteiger partial charge in [-0.15, -0.1) is 11.3 Å². The lowest BCUT2D eigenvalue weighted by atomic mass is 10.2. The molecule has 2 atom stereocenters. The van der Waals surface area contributed by atoms with Gasteiger partial charge in [-0.1, -0.05) is 24.6 Å². The Bertz CT molecular complexity index is 956. The lowest BCUT2D eigenvalue weighted by Crippen LogP contribution is -2.37. The van der Waals surface area contributed by atoms with Gasteiger partial charge in [-0.2, -0.15) is 0 Å². The minimum Gasteiger partial charge on any atom is -0.376 e. The number of amides is 1. The highest BCUT2D eigenvalue weighted by molar-refractivity contribution is 8.00. The summed E-state index contributed by atoms with van der Waals surface area (Å²) >= 11 is 2.96. The molecule has 0 radical (unpaired) electrons. The second kappa shape index (κ2) is 8.78. The summed E-state index contributed by atoms with van der Waals surface area (Å²) < 4.78 is 7.47. The first-order valence-corrected chi connectivity index (χ1v) is 12.2. The molecule has 0 aromatic carbocycles. The van der Waals surface area contributed by atoms with Crippen LogP contribution in [0.25, 0.3) is 10.2 Å². The van der Waals surface area contributed by atoms with Crippen molar-refractivity contribution < 1.29 is 9.53 Å². The summed E-state index contributed by atoms with van der Waals surface area (Å²) in [6, 6.07) is 0.184. The van der Waals surface area contributed by atoms with Crippen LogP contribution in [0.15, 0.2) is 9.95 Å². The predicted molar refractivity (Wildman–Crippen MR) is 118 cm³/mol. The summed E-state index contributed by atoms with van der Waals surface area (Å²) in [5.41, 5.74) is 1.09. The summed E-state index contributed by atoms with van der Waals surface area (Å²) in [5, 5.41) is 4.10. The van der Waals surface area contributed by atoms with E-state index in [4.69, 9.17) is 9.72 Å². The van der Waals surface area contributed by atoms with E-state index in [0.29, 0.717) is 11.7 Å². The number of hydrogen-bond acceptors (Lipinski definition) is 6. The zero-order valence-electron chi connectivity index (χ0n) is 17.3. The number of ether oxygens (including phenoxy) is 1. The van der Waals surface area contributed by atoms with Crippen molar-refractivity contribution in [3.05, 3.63) is 20.8 Å². The van der Waals surface area contributed by atoms with Crippen molar-refractivity contribution in [3.8, 4) is 0 Å². The number of carbonyl (C=O) groups is 1. The van der Waals surface area contributed by atoms with Crippen molar-refractivity contribution in [3.63, 3.8) is 0 Å². The average Bonchev–Trinajstić information content (AvgIpc) is 3.43. The van der Waals surface area contributed by atoms with Gasteiger partial charge in [-0.25, -0.2) is 4.98 Å². The maximum Gasteiger partial charge on any atom is 0.263 e. The molecular formula is C21H29N3O3S2. The number of carbonyl (C=O) groups excluding carboxylic acids is 1. The molecule has 4 rings (SSSR count). The molecule has 1 N–H and O–H groups in total. The monoisotopic (exact) mass is 435 g/mol. The standard InChI is InChI=1S/C21H29N3O3S2/c1-12-13(2)28-19-17(12)20(26)24(15-7-4-5-8-15)21(23-19)29-14(3)18(25)22-11-16-9-6-10-27-16/h14-16H,4-11H2,1-3H3,(H,22,25)/t14-,16-/m0/s1. The van der Waals surface area contributed by atoms with Crippen LogP contribution >= 0.6 is 23.1 Å². The molecule has 2 aromatic heterocycles. The molecule has 158 valence electrons. The lowest BCUT2D eigenvalue weighted by Gasteiger charge is -2.20. The van der Waals surface area contributed by atoms with E-state index >= 15 is 0 Å². The highest BCUT2D eigenvalue weighted by atomic mass is 32.2. The molecule has 1 saturated carbocycles. The predicted octanol–water partition coefficient (Wildman–Crippen LogP) is 3.97. The number of thioether (sulfide) groups is 1. The maximum absolute atomic E-state index is 13.4. The highest BCUT2D eigenvalue weighted by Crippen LogP contribution is 2.35. The zero-order valence-corrected chi connectivity index (χ0v) is 19.0. The van der Waals surface area contributed by atoms with Crippen molar-refractivity contribution in [1.82, 2.24) is 14.9 Å². The quantitative estimate of drug-likeness (QED) is 0.549. The number of rotatable bonds is 6. The summed E-state index contributed by atoms with van der Waals surface area (Å²) in [5.74, 6) is -0.0311. The second-order valence-corrected chi connectivity index (χ2v) is 10.6. The number of nitrogens with zero attached hydrogens (tertiary/aromatic N) is 2. The van der Waals surface area contributed by atoms with Gasteiger partial charge in [-0.3, -0.25) is 14.2 Å². The number of thiophene rings is 1. The molecule has 0 unspecified atom stereocenters. The SMILES string of the molecule is Cc1sc2nc(S[C@@H](C)C(=O)NC[C@@H]3CCCO3)n(C3CCCC3)c(=O)c2c1C. The number of aryl methyl sites for hydroxylation is 2. The largest absolute Gasteiger partial charge is 0.376 e. The number of fused-ring (bicyclic) bond motifs is 1. The molecule has 1 saturated heterocycles. The Morgan fingerprint density at radius 2 is 2.07 bits per heavy atom. The fourth-order valence-corrected chi connectivity index (χ4v) is 6.30. The minimum atomic E-state index is -0.324. The first-order valence-electron chi connectivity index (χ1n) is 10.5. The van der Waals surface area contributed by atoms with E-state index in [0.717, 1.165) is 65.8 Å². The van der Waals surface area contributed by atoms with Gasteiger partial charge in [0.25, 0.3) is 5.56 Å². The molecule has 2 fully saturated rings. The molecule has 0 bridgehead atoms. The lowest BCUT2D eigenvalue weighted by molar-refractivity contribution is -0.120. The van der Waals surface area contributed by atoms with Crippen LogP contribution in [0.4, 0.5) is 0 Å². The van der Waals surface area contributed by atoms with E-state index in [2.05, 4.69) is 5.32 Å². The average molecular weight is 436 g/mol. The molecule has 2 aromatic rings. The normalized spacial score (nSPS) is 21.1. The summed E-state index contributed by atoms with van der Waals surface area (Å²) in [4.78, 5) is 32.8. The van der Waals surface area contributed by atoms with E-state index in [1.54, 1.807) is 11.3 Å². The third-order valence-corrected chi connectivity index (χ3v) is 8.24. The van der Waals surface area contributed by atoms with Crippen molar-refractivity contribution in [1.29, 1.82) is 0 Å². The van der Waals surface area contributed by atoms with Gasteiger partial charge < -0.3 is 10.1 Å². The van der Waals surface area contributed by atoms with Gasteiger partial charge in [0.1, 0.15) is 4.83 Å². The van der Waals surface area contributed by atoms with Gasteiger partial charge in [0.15, 0.2) is 5.16 Å². The zero-order chi connectivity index (χ0) is 20.5. The van der Waals surface area contributed by atoms with Gasteiger partial charge in [0.05, 0.1) is 16.7 Å². The summed E-state index contributed by atoms with van der Waals surface area (Å²) in [6.45, 7) is 7.26. The van der Waals surface area contributed by atoms with E-state index in [-0.39, 0.29) is 28.9 Å².